The lowest BCUT2D eigenvalue weighted by atomic mass is 10.2. The lowest BCUT2D eigenvalue weighted by Crippen LogP contribution is -2.34. The minimum atomic E-state index is -1.15. The van der Waals surface area contributed by atoms with Crippen LogP contribution < -0.4 is 16.7 Å². The van der Waals surface area contributed by atoms with Crippen molar-refractivity contribution in [2.24, 2.45) is 11.7 Å². The van der Waals surface area contributed by atoms with Crippen LogP contribution in [0.2, 0.25) is 0 Å². The Bertz CT molecular complexity index is 523. The van der Waals surface area contributed by atoms with Crippen LogP contribution in [0.25, 0.3) is 0 Å². The van der Waals surface area contributed by atoms with E-state index in [0.29, 0.717) is 10.8 Å². The van der Waals surface area contributed by atoms with E-state index < -0.39 is 35.2 Å². The molecule has 0 saturated carbocycles. The van der Waals surface area contributed by atoms with Crippen molar-refractivity contribution >= 4 is 17.8 Å². The topological polar surface area (TPSA) is 107 Å². The van der Waals surface area contributed by atoms with E-state index in [1.165, 1.54) is 0 Å². The first kappa shape index (κ1) is 12.8. The van der Waals surface area contributed by atoms with Crippen LogP contribution in [0.1, 0.15) is 13.8 Å². The highest BCUT2D eigenvalue weighted by Gasteiger charge is 2.15. The van der Waals surface area contributed by atoms with Gasteiger partial charge in [-0.3, -0.25) is 4.79 Å². The molecule has 0 fully saturated rings. The number of anilines is 1. The van der Waals surface area contributed by atoms with E-state index in [-0.39, 0.29) is 0 Å². The minimum Gasteiger partial charge on any atom is -0.351 e. The van der Waals surface area contributed by atoms with Gasteiger partial charge in [0, 0.05) is 5.92 Å². The average molecular weight is 242 g/mol. The van der Waals surface area contributed by atoms with Gasteiger partial charge in [-0.05, 0) is 0 Å². The minimum absolute atomic E-state index is 0.306. The molecular weight excluding hydrogens is 231 g/mol. The number of nitrogens with two attached hydrogens (primary N) is 1. The van der Waals surface area contributed by atoms with Crippen LogP contribution in [0, 0.1) is 11.7 Å². The quantitative estimate of drug-likeness (QED) is 0.755. The van der Waals surface area contributed by atoms with Crippen molar-refractivity contribution < 1.29 is 14.0 Å². The fraction of sp³-hybridized carbons (Fsp3) is 0.333. The van der Waals surface area contributed by atoms with Gasteiger partial charge < -0.3 is 11.1 Å². The van der Waals surface area contributed by atoms with Crippen molar-refractivity contribution in [3.63, 3.8) is 0 Å². The van der Waals surface area contributed by atoms with Gasteiger partial charge >= 0.3 is 11.7 Å². The molecule has 2 amide bonds. The number of nitrogens with zero attached hydrogens (tertiary/aromatic N) is 2. The van der Waals surface area contributed by atoms with Gasteiger partial charge in [0.2, 0.25) is 5.91 Å². The monoisotopic (exact) mass is 242 g/mol. The number of aromatic nitrogens is 2. The number of halogens is 1. The first-order valence-corrected chi connectivity index (χ1v) is 4.72. The van der Waals surface area contributed by atoms with Gasteiger partial charge in [0.1, 0.15) is 0 Å². The molecule has 7 nitrogen and oxygen atoms in total. The number of rotatable bonds is 2. The van der Waals surface area contributed by atoms with E-state index in [2.05, 4.69) is 10.3 Å². The SMILES string of the molecule is CC(C)C(=O)Nc1nc(=O)n(C(N)=O)cc1F. The predicted molar refractivity (Wildman–Crippen MR) is 56.9 cm³/mol. The first-order valence-electron chi connectivity index (χ1n) is 4.72. The van der Waals surface area contributed by atoms with Gasteiger partial charge in [0.15, 0.2) is 11.6 Å². The molecule has 17 heavy (non-hydrogen) atoms. The fourth-order valence-corrected chi connectivity index (χ4v) is 0.939. The second-order valence-corrected chi connectivity index (χ2v) is 3.57. The van der Waals surface area contributed by atoms with E-state index in [9.17, 15) is 18.8 Å². The van der Waals surface area contributed by atoms with Crippen molar-refractivity contribution in [3.05, 3.63) is 22.5 Å². The van der Waals surface area contributed by atoms with Gasteiger partial charge in [0.25, 0.3) is 0 Å². The molecule has 0 atom stereocenters. The molecule has 8 heteroatoms. The second kappa shape index (κ2) is 4.73. The van der Waals surface area contributed by atoms with Gasteiger partial charge in [0.05, 0.1) is 6.20 Å². The Kier molecular flexibility index (Phi) is 3.56. The number of hydrogen-bond acceptors (Lipinski definition) is 4. The summed E-state index contributed by atoms with van der Waals surface area (Å²) in [5, 5.41) is 2.13. The largest absolute Gasteiger partial charge is 0.357 e. The zero-order valence-electron chi connectivity index (χ0n) is 9.23. The Morgan fingerprint density at radius 1 is 1.53 bits per heavy atom. The third-order valence-electron chi connectivity index (χ3n) is 1.89. The molecule has 0 aliphatic rings. The van der Waals surface area contributed by atoms with Gasteiger partial charge in [-0.2, -0.15) is 4.98 Å². The van der Waals surface area contributed by atoms with Crippen molar-refractivity contribution in [3.8, 4) is 0 Å². The molecule has 1 rings (SSSR count). The number of hydrogen-bond donors (Lipinski definition) is 2. The smallest absolute Gasteiger partial charge is 0.351 e. The van der Waals surface area contributed by atoms with Crippen molar-refractivity contribution in [1.82, 2.24) is 9.55 Å². The molecule has 0 aromatic carbocycles. The van der Waals surface area contributed by atoms with Crippen LogP contribution in [0.4, 0.5) is 15.0 Å². The second-order valence-electron chi connectivity index (χ2n) is 3.57. The molecule has 0 unspecified atom stereocenters. The molecule has 0 spiro atoms. The average Bonchev–Trinajstić information content (AvgIpc) is 2.22. The first-order chi connectivity index (χ1) is 7.82. The van der Waals surface area contributed by atoms with Gasteiger partial charge in [-0.25, -0.2) is 18.5 Å². The van der Waals surface area contributed by atoms with Crippen LogP contribution >= 0.6 is 0 Å². The van der Waals surface area contributed by atoms with Crippen molar-refractivity contribution in [1.29, 1.82) is 0 Å². The summed E-state index contributed by atoms with van der Waals surface area (Å²) in [5.74, 6) is -2.43. The molecule has 0 saturated heterocycles. The predicted octanol–water partition coefficient (Wildman–Crippen LogP) is -0.0963. The number of carbonyl (C=O) groups is 2. The highest BCUT2D eigenvalue weighted by atomic mass is 19.1. The number of nitrogens with one attached hydrogen (secondary N) is 1. The summed E-state index contributed by atoms with van der Waals surface area (Å²) in [4.78, 5) is 36.4. The molecule has 1 aromatic rings. The van der Waals surface area contributed by atoms with Crippen LogP contribution in [0.3, 0.4) is 0 Å². The normalized spacial score (nSPS) is 10.4. The standard InChI is InChI=1S/C9H11FN4O3/c1-4(2)7(15)12-6-5(10)3-14(8(11)16)9(17)13-6/h3-4H,1-2H3,(H2,11,16)(H,12,13,15,17). The van der Waals surface area contributed by atoms with Crippen LogP contribution in [-0.2, 0) is 4.79 Å². The van der Waals surface area contributed by atoms with Crippen molar-refractivity contribution in [2.45, 2.75) is 13.8 Å². The highest BCUT2D eigenvalue weighted by molar-refractivity contribution is 5.91. The maximum atomic E-state index is 13.4. The lowest BCUT2D eigenvalue weighted by Gasteiger charge is -2.08. The van der Waals surface area contributed by atoms with Crippen LogP contribution in [0.15, 0.2) is 11.0 Å². The molecule has 0 aliphatic heterocycles. The van der Waals surface area contributed by atoms with E-state index in [1.54, 1.807) is 13.8 Å². The maximum absolute atomic E-state index is 13.4. The summed E-state index contributed by atoms with van der Waals surface area (Å²) in [6.07, 6.45) is 0.577. The molecule has 0 aliphatic carbocycles. The zero-order chi connectivity index (χ0) is 13.2. The summed E-state index contributed by atoms with van der Waals surface area (Å²) in [5.41, 5.74) is 3.76. The summed E-state index contributed by atoms with van der Waals surface area (Å²) in [6, 6.07) is -1.15. The summed E-state index contributed by atoms with van der Waals surface area (Å²) >= 11 is 0. The number of primary amides is 1. The molecular formula is C9H11FN4O3. The third-order valence-corrected chi connectivity index (χ3v) is 1.89. The molecule has 0 radical (unpaired) electrons. The molecule has 0 bridgehead atoms. The molecule has 1 aromatic heterocycles. The fourth-order valence-electron chi connectivity index (χ4n) is 0.939. The Morgan fingerprint density at radius 3 is 2.59 bits per heavy atom. The zero-order valence-corrected chi connectivity index (χ0v) is 9.23. The maximum Gasteiger partial charge on any atom is 0.357 e. The lowest BCUT2D eigenvalue weighted by molar-refractivity contribution is -0.118. The van der Waals surface area contributed by atoms with Crippen LogP contribution in [0.5, 0.6) is 0 Å². The third kappa shape index (κ3) is 2.86. The molecule has 92 valence electrons. The van der Waals surface area contributed by atoms with E-state index in [1.807, 2.05) is 0 Å². The Labute approximate surface area is 95.4 Å². The summed E-state index contributed by atoms with van der Waals surface area (Å²) < 4.78 is 13.7. The van der Waals surface area contributed by atoms with Crippen LogP contribution in [-0.4, -0.2) is 21.5 Å². The summed E-state index contributed by atoms with van der Waals surface area (Å²) in [7, 11) is 0. The number of carbonyl (C=O) groups excluding carboxylic acids is 2. The molecule has 1 heterocycles. The van der Waals surface area contributed by atoms with E-state index >= 15 is 0 Å². The highest BCUT2D eigenvalue weighted by Crippen LogP contribution is 2.08. The van der Waals surface area contributed by atoms with E-state index in [0.717, 1.165) is 0 Å². The molecule has 3 N–H and O–H groups in total. The van der Waals surface area contributed by atoms with Gasteiger partial charge in [-0.1, -0.05) is 13.8 Å². The van der Waals surface area contributed by atoms with Crippen molar-refractivity contribution in [2.75, 3.05) is 5.32 Å². The summed E-state index contributed by atoms with van der Waals surface area (Å²) in [6.45, 7) is 3.19. The van der Waals surface area contributed by atoms with E-state index in [4.69, 9.17) is 5.73 Å². The Balaban J connectivity index is 3.13. The Hall–Kier alpha value is -2.25. The van der Waals surface area contributed by atoms with Gasteiger partial charge in [-0.15, -0.1) is 0 Å². The Morgan fingerprint density at radius 2 is 2.12 bits per heavy atom. The number of amides is 2.